The summed E-state index contributed by atoms with van der Waals surface area (Å²) in [5.74, 6) is 0. The van der Waals surface area contributed by atoms with Crippen LogP contribution in [0.2, 0.25) is 0 Å². The Bertz CT molecular complexity index is 355. The van der Waals surface area contributed by atoms with Crippen molar-refractivity contribution >= 4 is 27.4 Å². The van der Waals surface area contributed by atoms with Gasteiger partial charge in [-0.1, -0.05) is 26.1 Å². The second kappa shape index (κ2) is 4.95. The molecule has 0 radical (unpaired) electrons. The fourth-order valence-corrected chi connectivity index (χ4v) is 2.30. The minimum atomic E-state index is -3.52. The van der Waals surface area contributed by atoms with Crippen LogP contribution < -0.4 is 15.2 Å². The lowest BCUT2D eigenvalue weighted by Crippen LogP contribution is -2.50. The molecule has 4 N–H and O–H groups in total. The van der Waals surface area contributed by atoms with Crippen LogP contribution in [0.3, 0.4) is 0 Å². The van der Waals surface area contributed by atoms with E-state index in [9.17, 15) is 8.42 Å². The fraction of sp³-hybridized carbons (Fsp3) is 0.889. The van der Waals surface area contributed by atoms with Crippen molar-refractivity contribution in [3.63, 3.8) is 0 Å². The third-order valence-corrected chi connectivity index (χ3v) is 3.77. The summed E-state index contributed by atoms with van der Waals surface area (Å²) >= 11 is 4.85. The summed E-state index contributed by atoms with van der Waals surface area (Å²) in [6.07, 6.45) is 0. The molecule has 0 aromatic rings. The molecule has 0 saturated carbocycles. The highest BCUT2D eigenvalue weighted by molar-refractivity contribution is 7.87. The van der Waals surface area contributed by atoms with Crippen molar-refractivity contribution in [2.45, 2.75) is 40.2 Å². The van der Waals surface area contributed by atoms with Crippen LogP contribution in [0.15, 0.2) is 0 Å². The van der Waals surface area contributed by atoms with E-state index in [0.29, 0.717) is 0 Å². The van der Waals surface area contributed by atoms with Crippen LogP contribution in [0.5, 0.6) is 0 Å². The van der Waals surface area contributed by atoms with Crippen molar-refractivity contribution in [1.82, 2.24) is 9.44 Å². The summed E-state index contributed by atoms with van der Waals surface area (Å²) in [7, 11) is -3.52. The van der Waals surface area contributed by atoms with Gasteiger partial charge >= 0.3 is 0 Å². The molecule has 0 amide bonds. The highest BCUT2D eigenvalue weighted by atomic mass is 32.2. The molecule has 0 rings (SSSR count). The van der Waals surface area contributed by atoms with Crippen molar-refractivity contribution in [2.24, 2.45) is 11.1 Å². The minimum Gasteiger partial charge on any atom is -0.393 e. The van der Waals surface area contributed by atoms with Gasteiger partial charge in [0, 0.05) is 17.5 Å². The molecule has 0 fully saturated rings. The van der Waals surface area contributed by atoms with Crippen LogP contribution in [0.25, 0.3) is 0 Å². The first-order valence-corrected chi connectivity index (χ1v) is 6.83. The Kier molecular flexibility index (Phi) is 4.88. The molecule has 0 aromatic heterocycles. The summed E-state index contributed by atoms with van der Waals surface area (Å²) in [5, 5.41) is 0. The van der Waals surface area contributed by atoms with Gasteiger partial charge in [-0.05, 0) is 20.8 Å². The molecule has 0 aromatic carbocycles. The van der Waals surface area contributed by atoms with E-state index < -0.39 is 21.2 Å². The molecule has 0 atom stereocenters. The molecular formula is C9H21N3O2S2. The molecule has 96 valence electrons. The van der Waals surface area contributed by atoms with Gasteiger partial charge in [0.25, 0.3) is 10.2 Å². The van der Waals surface area contributed by atoms with Crippen LogP contribution in [0, 0.1) is 5.41 Å². The molecule has 0 unspecified atom stereocenters. The maximum Gasteiger partial charge on any atom is 0.277 e. The molecule has 0 saturated heterocycles. The van der Waals surface area contributed by atoms with Gasteiger partial charge in [-0.15, -0.1) is 0 Å². The second-order valence-electron chi connectivity index (χ2n) is 5.42. The van der Waals surface area contributed by atoms with Gasteiger partial charge in [0.05, 0.1) is 4.99 Å². The number of nitrogens with two attached hydrogens (primary N) is 1. The first-order chi connectivity index (χ1) is 6.86. The summed E-state index contributed by atoms with van der Waals surface area (Å²) in [5.41, 5.74) is 4.45. The van der Waals surface area contributed by atoms with Crippen molar-refractivity contribution in [3.8, 4) is 0 Å². The molecule has 5 nitrogen and oxygen atoms in total. The van der Waals surface area contributed by atoms with Gasteiger partial charge in [0.15, 0.2) is 0 Å². The average molecular weight is 267 g/mol. The van der Waals surface area contributed by atoms with Gasteiger partial charge in [-0.25, -0.2) is 4.72 Å². The maximum absolute atomic E-state index is 11.6. The fourth-order valence-electron chi connectivity index (χ4n) is 0.802. The zero-order valence-electron chi connectivity index (χ0n) is 10.4. The topological polar surface area (TPSA) is 84.2 Å². The smallest absolute Gasteiger partial charge is 0.277 e. The van der Waals surface area contributed by atoms with Crippen LogP contribution >= 0.6 is 12.2 Å². The third kappa shape index (κ3) is 6.37. The van der Waals surface area contributed by atoms with Crippen molar-refractivity contribution < 1.29 is 8.42 Å². The monoisotopic (exact) mass is 267 g/mol. The molecule has 0 spiro atoms. The van der Waals surface area contributed by atoms with Crippen LogP contribution in [-0.4, -0.2) is 25.5 Å². The number of thiocarbonyl (C=S) groups is 1. The quantitative estimate of drug-likeness (QED) is 0.634. The molecule has 0 aliphatic heterocycles. The number of hydrogen-bond acceptors (Lipinski definition) is 3. The predicted molar refractivity (Wildman–Crippen MR) is 70.4 cm³/mol. The molecule has 0 heterocycles. The van der Waals surface area contributed by atoms with Gasteiger partial charge in [0.1, 0.15) is 0 Å². The van der Waals surface area contributed by atoms with E-state index in [0.717, 1.165) is 0 Å². The molecular weight excluding hydrogens is 246 g/mol. The van der Waals surface area contributed by atoms with Crippen LogP contribution in [0.1, 0.15) is 34.6 Å². The van der Waals surface area contributed by atoms with E-state index in [1.165, 1.54) is 0 Å². The Morgan fingerprint density at radius 3 is 2.00 bits per heavy atom. The van der Waals surface area contributed by atoms with Crippen molar-refractivity contribution in [1.29, 1.82) is 0 Å². The van der Waals surface area contributed by atoms with E-state index in [1.54, 1.807) is 34.6 Å². The predicted octanol–water partition coefficient (Wildman–Crippen LogP) is 0.521. The molecule has 16 heavy (non-hydrogen) atoms. The zero-order valence-corrected chi connectivity index (χ0v) is 12.1. The van der Waals surface area contributed by atoms with Crippen LogP contribution in [-0.2, 0) is 10.2 Å². The van der Waals surface area contributed by atoms with Gasteiger partial charge in [-0.3, -0.25) is 0 Å². The maximum atomic E-state index is 11.6. The Morgan fingerprint density at radius 1 is 1.25 bits per heavy atom. The van der Waals surface area contributed by atoms with E-state index >= 15 is 0 Å². The van der Waals surface area contributed by atoms with Crippen molar-refractivity contribution in [3.05, 3.63) is 0 Å². The Labute approximate surface area is 103 Å². The lowest BCUT2D eigenvalue weighted by molar-refractivity contribution is 0.464. The van der Waals surface area contributed by atoms with Gasteiger partial charge < -0.3 is 5.73 Å². The summed E-state index contributed by atoms with van der Waals surface area (Å²) in [6.45, 7) is 9.05. The molecule has 7 heteroatoms. The average Bonchev–Trinajstić information content (AvgIpc) is 1.96. The Morgan fingerprint density at radius 2 is 1.69 bits per heavy atom. The van der Waals surface area contributed by atoms with Crippen LogP contribution in [0.4, 0.5) is 0 Å². The number of hydrogen-bond donors (Lipinski definition) is 3. The van der Waals surface area contributed by atoms with E-state index in [4.69, 9.17) is 18.0 Å². The third-order valence-electron chi connectivity index (χ3n) is 1.81. The SMILES string of the molecule is CC(C)(C)NS(=O)(=O)NCC(C)(C)C(N)=S. The first-order valence-electron chi connectivity index (χ1n) is 4.94. The standard InChI is InChI=1S/C9H21N3O2S2/c1-8(2,3)12-16(13,14)11-6-9(4,5)7(10)15/h11-12H,6H2,1-5H3,(H2,10,15). The summed E-state index contributed by atoms with van der Waals surface area (Å²) < 4.78 is 28.1. The second-order valence-corrected chi connectivity index (χ2v) is 7.36. The normalized spacial score (nSPS) is 13.8. The molecule has 0 bridgehead atoms. The first kappa shape index (κ1) is 15.8. The molecule has 0 aliphatic carbocycles. The highest BCUT2D eigenvalue weighted by Crippen LogP contribution is 2.14. The minimum absolute atomic E-state index is 0.174. The van der Waals surface area contributed by atoms with Gasteiger partial charge in [-0.2, -0.15) is 13.1 Å². The lowest BCUT2D eigenvalue weighted by Gasteiger charge is -2.25. The lowest BCUT2D eigenvalue weighted by atomic mass is 9.94. The summed E-state index contributed by atoms with van der Waals surface area (Å²) in [4.78, 5) is 0.283. The number of nitrogens with one attached hydrogen (secondary N) is 2. The van der Waals surface area contributed by atoms with Gasteiger partial charge in [0.2, 0.25) is 0 Å². The largest absolute Gasteiger partial charge is 0.393 e. The van der Waals surface area contributed by atoms with Crippen molar-refractivity contribution in [2.75, 3.05) is 6.54 Å². The summed E-state index contributed by atoms with van der Waals surface area (Å²) in [6, 6.07) is 0. The highest BCUT2D eigenvalue weighted by Gasteiger charge is 2.26. The van der Waals surface area contributed by atoms with E-state index in [2.05, 4.69) is 9.44 Å². The zero-order chi connectivity index (χ0) is 13.2. The Hall–Kier alpha value is -0.240. The van der Waals surface area contributed by atoms with E-state index in [1.807, 2.05) is 0 Å². The van der Waals surface area contributed by atoms with E-state index in [-0.39, 0.29) is 11.5 Å². The molecule has 0 aliphatic rings. The Balaban J connectivity index is 4.48. The number of rotatable bonds is 5.